The van der Waals surface area contributed by atoms with E-state index < -0.39 is 20.3 Å². The van der Waals surface area contributed by atoms with Crippen molar-refractivity contribution in [2.24, 2.45) is 0 Å². The van der Waals surface area contributed by atoms with Gasteiger partial charge in [-0.15, -0.1) is 0 Å². The van der Waals surface area contributed by atoms with Gasteiger partial charge in [-0.05, 0) is 0 Å². The molecule has 1 heteroatoms. The van der Waals surface area contributed by atoms with Crippen LogP contribution in [0.25, 0.3) is 44.8 Å². The van der Waals surface area contributed by atoms with E-state index in [0.29, 0.717) is 7.25 Å². The van der Waals surface area contributed by atoms with E-state index in [1.54, 1.807) is 22.3 Å². The van der Waals surface area contributed by atoms with Crippen LogP contribution < -0.4 is 0 Å². The number of fused-ring (bicyclic) bond motifs is 4. The average molecular weight is 602 g/mol. The summed E-state index contributed by atoms with van der Waals surface area (Å²) in [5.74, 6) is 0. The maximum atomic E-state index is 2.54. The number of rotatable bonds is 4. The zero-order valence-electron chi connectivity index (χ0n) is 22.9. The summed E-state index contributed by atoms with van der Waals surface area (Å²) in [7, 11) is 0. The van der Waals surface area contributed by atoms with Crippen molar-refractivity contribution in [1.82, 2.24) is 0 Å². The van der Waals surface area contributed by atoms with Gasteiger partial charge in [-0.2, -0.15) is 0 Å². The molecule has 0 saturated carbocycles. The normalized spacial score (nSPS) is 20.0. The Bertz CT molecular complexity index is 1930. The van der Waals surface area contributed by atoms with Crippen molar-refractivity contribution in [1.29, 1.82) is 0 Å². The predicted octanol–water partition coefficient (Wildman–Crippen LogP) is 10.9. The molecule has 0 bridgehead atoms. The first-order chi connectivity index (χ1) is 20.3. The zero-order valence-corrected chi connectivity index (χ0v) is 25.4. The second-order valence-corrected chi connectivity index (χ2v) is 23.5. The van der Waals surface area contributed by atoms with Crippen molar-refractivity contribution in [3.05, 3.63) is 167 Å². The molecule has 1 aliphatic heterocycles. The molecule has 0 radical (unpaired) electrons. The van der Waals surface area contributed by atoms with Gasteiger partial charge >= 0.3 is 247 Å². The Hall–Kier alpha value is -3.80. The molecular weight excluding hydrogens is 572 g/mol. The van der Waals surface area contributed by atoms with E-state index in [2.05, 4.69) is 146 Å². The molecule has 0 aromatic heterocycles. The average Bonchev–Trinajstić information content (AvgIpc) is 3.56. The van der Waals surface area contributed by atoms with E-state index in [9.17, 15) is 0 Å². The van der Waals surface area contributed by atoms with Gasteiger partial charge in [0, 0.05) is 0 Å². The first-order valence-corrected chi connectivity index (χ1v) is 21.2. The molecule has 1 fully saturated rings. The van der Waals surface area contributed by atoms with Crippen molar-refractivity contribution in [2.45, 2.75) is 15.5 Å². The Balaban J connectivity index is 1.23. The third-order valence-corrected chi connectivity index (χ3v) is 22.8. The Morgan fingerprint density at radius 1 is 0.415 bits per heavy atom. The first kappa shape index (κ1) is 23.9. The van der Waals surface area contributed by atoms with Gasteiger partial charge in [0.25, 0.3) is 0 Å². The first-order valence-electron chi connectivity index (χ1n) is 14.9. The summed E-state index contributed by atoms with van der Waals surface area (Å²) in [6, 6.07) is 50.5. The maximum absolute atomic E-state index is 2.88. The van der Waals surface area contributed by atoms with Crippen molar-refractivity contribution in [3.8, 4) is 0 Å². The van der Waals surface area contributed by atoms with E-state index in [0.717, 1.165) is 0 Å². The Kier molecular flexibility index (Phi) is 5.30. The molecule has 2 atom stereocenters. The molecule has 6 aromatic rings. The van der Waals surface area contributed by atoms with Crippen LogP contribution in [-0.4, -0.2) is 0 Å². The molecule has 0 spiro atoms. The number of allylic oxidation sites excluding steroid dienone is 2. The predicted molar refractivity (Wildman–Crippen MR) is 172 cm³/mol. The zero-order chi connectivity index (χ0) is 27.0. The summed E-state index contributed by atoms with van der Waals surface area (Å²) in [5.41, 5.74) is 12.0. The van der Waals surface area contributed by atoms with Crippen LogP contribution in [0.5, 0.6) is 0 Å². The van der Waals surface area contributed by atoms with Crippen LogP contribution in [0.3, 0.4) is 0 Å². The van der Waals surface area contributed by atoms with Gasteiger partial charge in [0.2, 0.25) is 0 Å². The second kappa shape index (κ2) is 9.10. The fraction of sp³-hybridized carbons (Fsp3) is 0.100. The monoisotopic (exact) mass is 600 g/mol. The molecule has 0 nitrogen and oxygen atoms in total. The fourth-order valence-corrected chi connectivity index (χ4v) is 25.2. The quantitative estimate of drug-likeness (QED) is 0.189. The van der Waals surface area contributed by atoms with Crippen LogP contribution in [0.2, 0.25) is 8.26 Å². The summed E-state index contributed by atoms with van der Waals surface area (Å²) < 4.78 is 4.04. The van der Waals surface area contributed by atoms with Gasteiger partial charge in [-0.3, -0.25) is 0 Å². The number of hydrogen-bond donors (Lipinski definition) is 0. The van der Waals surface area contributed by atoms with Gasteiger partial charge in [0.1, 0.15) is 0 Å². The summed E-state index contributed by atoms with van der Waals surface area (Å²) in [5, 5.41) is 5.31. The van der Waals surface area contributed by atoms with Crippen LogP contribution in [0.4, 0.5) is 0 Å². The standard InChI is InChI=1S/2C19H13.C2H4.Zr/c2*1-2-6-15-11-18(10-9-14(15)5-1)19-12-16-7-3-4-8-17(16)13-19;1-2;/h2*1-13H;1-2H2;. The van der Waals surface area contributed by atoms with Crippen molar-refractivity contribution < 1.29 is 20.3 Å². The minimum atomic E-state index is -2.88. The van der Waals surface area contributed by atoms with E-state index >= 15 is 0 Å². The van der Waals surface area contributed by atoms with Crippen LogP contribution >= 0.6 is 0 Å². The Morgan fingerprint density at radius 3 is 1.29 bits per heavy atom. The Morgan fingerprint density at radius 2 is 0.829 bits per heavy atom. The number of hydrogen-bond acceptors (Lipinski definition) is 0. The molecule has 3 aliphatic rings. The van der Waals surface area contributed by atoms with Gasteiger partial charge in [0.05, 0.1) is 0 Å². The molecule has 1 saturated heterocycles. The van der Waals surface area contributed by atoms with E-state index in [4.69, 9.17) is 0 Å². The number of benzene rings is 6. The van der Waals surface area contributed by atoms with Crippen LogP contribution in [-0.2, 0) is 20.3 Å². The third kappa shape index (κ3) is 3.69. The summed E-state index contributed by atoms with van der Waals surface area (Å²) in [4.78, 5) is 0. The van der Waals surface area contributed by atoms with Crippen molar-refractivity contribution in [2.75, 3.05) is 0 Å². The minimum absolute atomic E-state index is 0.571. The summed E-state index contributed by atoms with van der Waals surface area (Å²) >= 11 is -2.88. The van der Waals surface area contributed by atoms with Gasteiger partial charge in [0.15, 0.2) is 0 Å². The Labute approximate surface area is 246 Å². The van der Waals surface area contributed by atoms with Gasteiger partial charge < -0.3 is 0 Å². The van der Waals surface area contributed by atoms with E-state index in [1.165, 1.54) is 52.1 Å². The van der Waals surface area contributed by atoms with Crippen LogP contribution in [0, 0.1) is 0 Å². The molecule has 0 amide bonds. The van der Waals surface area contributed by atoms with Crippen molar-refractivity contribution in [3.63, 3.8) is 0 Å². The van der Waals surface area contributed by atoms with Crippen LogP contribution in [0.1, 0.15) is 40.6 Å². The van der Waals surface area contributed by atoms with Gasteiger partial charge in [-0.25, -0.2) is 0 Å². The SMILES string of the molecule is C1=C(c2ccc3ccccc3c2)[CH]([Zr]2([CH]3C(c4ccc5ccccc5c4)=Cc4ccccc43)[CH2][CH2]2)c2ccccc21. The summed E-state index contributed by atoms with van der Waals surface area (Å²) in [6.07, 6.45) is 5.09. The molecule has 0 N–H and O–H groups in total. The molecule has 41 heavy (non-hydrogen) atoms. The van der Waals surface area contributed by atoms with Gasteiger partial charge in [-0.1, -0.05) is 0 Å². The molecule has 1 heterocycles. The molecule has 194 valence electrons. The van der Waals surface area contributed by atoms with E-state index in [-0.39, 0.29) is 0 Å². The van der Waals surface area contributed by atoms with Crippen molar-refractivity contribution >= 4 is 44.8 Å². The van der Waals surface area contributed by atoms with Crippen LogP contribution in [0.15, 0.2) is 133 Å². The molecule has 2 unspecified atom stereocenters. The fourth-order valence-electron chi connectivity index (χ4n) is 8.01. The third-order valence-electron chi connectivity index (χ3n) is 10.0. The molecular formula is C40H30Zr. The molecule has 6 aromatic carbocycles. The topological polar surface area (TPSA) is 0 Å². The summed E-state index contributed by atoms with van der Waals surface area (Å²) in [6.45, 7) is 0. The molecule has 9 rings (SSSR count). The van der Waals surface area contributed by atoms with E-state index in [1.807, 2.05) is 0 Å². The molecule has 2 aliphatic carbocycles. The second-order valence-electron chi connectivity index (χ2n) is 12.2.